The summed E-state index contributed by atoms with van der Waals surface area (Å²) in [5.74, 6) is 1.25. The van der Waals surface area contributed by atoms with Gasteiger partial charge in [-0.3, -0.25) is 4.79 Å². The highest BCUT2D eigenvalue weighted by Crippen LogP contribution is 2.42. The van der Waals surface area contributed by atoms with Crippen molar-refractivity contribution in [2.45, 2.75) is 19.4 Å². The van der Waals surface area contributed by atoms with E-state index in [1.807, 2.05) is 42.6 Å². The maximum atomic E-state index is 13.6. The third-order valence-corrected chi connectivity index (χ3v) is 6.23. The quantitative estimate of drug-likeness (QED) is 0.700. The molecule has 2 aliphatic rings. The molecule has 5 rings (SSSR count). The molecule has 4 heterocycles. The van der Waals surface area contributed by atoms with Gasteiger partial charge in [-0.05, 0) is 36.1 Å². The number of aromatic nitrogens is 1. The van der Waals surface area contributed by atoms with Crippen molar-refractivity contribution in [2.24, 2.45) is 5.73 Å². The standard InChI is InChI=1S/C22H17N3O4S/c1-12-7-17-20(19(18-3-2-6-30-18)14(9-23)21(24)29-17)22(26)25(12)10-13-4-5-15-16(8-13)28-11-27-15/h2-8,19H,10-11,24H2,1H3/t19-/m1/s1. The van der Waals surface area contributed by atoms with E-state index in [2.05, 4.69) is 6.07 Å². The minimum atomic E-state index is -0.546. The van der Waals surface area contributed by atoms with E-state index < -0.39 is 5.92 Å². The van der Waals surface area contributed by atoms with Crippen LogP contribution < -0.4 is 25.5 Å². The number of pyridine rings is 1. The molecule has 2 aliphatic heterocycles. The Morgan fingerprint density at radius 1 is 1.23 bits per heavy atom. The van der Waals surface area contributed by atoms with Crippen molar-refractivity contribution >= 4 is 11.3 Å². The Bertz CT molecular complexity index is 1280. The van der Waals surface area contributed by atoms with Crippen LogP contribution in [-0.4, -0.2) is 11.4 Å². The maximum Gasteiger partial charge on any atom is 0.259 e. The van der Waals surface area contributed by atoms with Crippen LogP contribution in [0.1, 0.15) is 27.6 Å². The van der Waals surface area contributed by atoms with Crippen molar-refractivity contribution in [1.29, 1.82) is 5.26 Å². The molecule has 0 unspecified atom stereocenters. The predicted octanol–water partition coefficient (Wildman–Crippen LogP) is 3.21. The fourth-order valence-corrected chi connectivity index (χ4v) is 4.69. The number of allylic oxidation sites excluding steroid dienone is 1. The van der Waals surface area contributed by atoms with Gasteiger partial charge in [0.2, 0.25) is 12.7 Å². The van der Waals surface area contributed by atoms with Gasteiger partial charge < -0.3 is 24.5 Å². The molecule has 1 atom stereocenters. The van der Waals surface area contributed by atoms with Crippen molar-refractivity contribution in [2.75, 3.05) is 6.79 Å². The molecule has 0 saturated carbocycles. The molecule has 150 valence electrons. The Morgan fingerprint density at radius 2 is 2.07 bits per heavy atom. The summed E-state index contributed by atoms with van der Waals surface area (Å²) in [4.78, 5) is 14.5. The number of ether oxygens (including phenoxy) is 3. The van der Waals surface area contributed by atoms with Crippen LogP contribution in [-0.2, 0) is 6.54 Å². The first-order valence-corrected chi connectivity index (χ1v) is 10.2. The normalized spacial score (nSPS) is 16.7. The zero-order chi connectivity index (χ0) is 20.8. The minimum Gasteiger partial charge on any atom is -0.454 e. The summed E-state index contributed by atoms with van der Waals surface area (Å²) in [5, 5.41) is 11.6. The van der Waals surface area contributed by atoms with Crippen LogP contribution in [0.5, 0.6) is 17.2 Å². The van der Waals surface area contributed by atoms with Gasteiger partial charge in [0, 0.05) is 16.6 Å². The van der Waals surface area contributed by atoms with E-state index >= 15 is 0 Å². The van der Waals surface area contributed by atoms with Crippen LogP contribution in [0, 0.1) is 18.3 Å². The number of fused-ring (bicyclic) bond motifs is 2. The Kier molecular flexibility index (Phi) is 4.26. The molecular formula is C22H17N3O4S. The van der Waals surface area contributed by atoms with Crippen molar-refractivity contribution in [1.82, 2.24) is 4.57 Å². The number of hydrogen-bond acceptors (Lipinski definition) is 7. The summed E-state index contributed by atoms with van der Waals surface area (Å²) in [6.45, 7) is 2.39. The SMILES string of the molecule is Cc1cc2c(c(=O)n1Cc1ccc3c(c1)OCO3)[C@@H](c1cccs1)C(C#N)=C(N)O2. The molecule has 0 bridgehead atoms. The molecule has 0 radical (unpaired) electrons. The number of nitrogens with zero attached hydrogens (tertiary/aromatic N) is 2. The molecule has 0 saturated heterocycles. The fourth-order valence-electron chi connectivity index (χ4n) is 3.84. The Labute approximate surface area is 176 Å². The van der Waals surface area contributed by atoms with Gasteiger partial charge in [-0.1, -0.05) is 12.1 Å². The van der Waals surface area contributed by atoms with Gasteiger partial charge in [-0.25, -0.2) is 0 Å². The van der Waals surface area contributed by atoms with E-state index in [0.29, 0.717) is 29.4 Å². The smallest absolute Gasteiger partial charge is 0.259 e. The van der Waals surface area contributed by atoms with Crippen molar-refractivity contribution in [3.8, 4) is 23.3 Å². The van der Waals surface area contributed by atoms with Crippen molar-refractivity contribution in [3.05, 3.63) is 85.3 Å². The molecule has 30 heavy (non-hydrogen) atoms. The summed E-state index contributed by atoms with van der Waals surface area (Å²) >= 11 is 1.48. The molecule has 0 spiro atoms. The molecule has 7 nitrogen and oxygen atoms in total. The molecular weight excluding hydrogens is 402 g/mol. The summed E-state index contributed by atoms with van der Waals surface area (Å²) in [7, 11) is 0. The van der Waals surface area contributed by atoms with Gasteiger partial charge in [-0.2, -0.15) is 5.26 Å². The first kappa shape index (κ1) is 18.3. The molecule has 1 aromatic carbocycles. The van der Waals surface area contributed by atoms with Crippen LogP contribution >= 0.6 is 11.3 Å². The number of nitrogens with two attached hydrogens (primary N) is 1. The molecule has 2 aromatic heterocycles. The van der Waals surface area contributed by atoms with Gasteiger partial charge in [0.15, 0.2) is 11.5 Å². The second-order valence-electron chi connectivity index (χ2n) is 7.08. The monoisotopic (exact) mass is 419 g/mol. The third kappa shape index (κ3) is 2.83. The molecule has 3 aromatic rings. The topological polar surface area (TPSA) is 99.5 Å². The lowest BCUT2D eigenvalue weighted by Crippen LogP contribution is -2.32. The molecule has 2 N–H and O–H groups in total. The molecule has 8 heteroatoms. The zero-order valence-electron chi connectivity index (χ0n) is 16.0. The maximum absolute atomic E-state index is 13.6. The number of nitriles is 1. The van der Waals surface area contributed by atoms with Crippen LogP contribution in [0.15, 0.2) is 58.0 Å². The number of rotatable bonds is 3. The van der Waals surface area contributed by atoms with E-state index in [0.717, 1.165) is 16.1 Å². The average molecular weight is 419 g/mol. The highest BCUT2D eigenvalue weighted by atomic mass is 32.1. The van der Waals surface area contributed by atoms with E-state index in [4.69, 9.17) is 19.9 Å². The van der Waals surface area contributed by atoms with E-state index in [1.165, 1.54) is 11.3 Å². The predicted molar refractivity (Wildman–Crippen MR) is 111 cm³/mol. The largest absolute Gasteiger partial charge is 0.454 e. The highest BCUT2D eigenvalue weighted by molar-refractivity contribution is 7.10. The van der Waals surface area contributed by atoms with Gasteiger partial charge in [0.25, 0.3) is 5.56 Å². The molecule has 0 aliphatic carbocycles. The molecule has 0 amide bonds. The Hall–Kier alpha value is -3.70. The lowest BCUT2D eigenvalue weighted by Gasteiger charge is -2.26. The lowest BCUT2D eigenvalue weighted by molar-refractivity contribution is 0.174. The zero-order valence-corrected chi connectivity index (χ0v) is 16.9. The average Bonchev–Trinajstić information content (AvgIpc) is 3.41. The Balaban J connectivity index is 1.64. The van der Waals surface area contributed by atoms with E-state index in [-0.39, 0.29) is 23.8 Å². The van der Waals surface area contributed by atoms with Gasteiger partial charge >= 0.3 is 0 Å². The van der Waals surface area contributed by atoms with Crippen molar-refractivity contribution < 1.29 is 14.2 Å². The summed E-state index contributed by atoms with van der Waals surface area (Å²) in [6.07, 6.45) is 0. The van der Waals surface area contributed by atoms with Crippen LogP contribution in [0.3, 0.4) is 0 Å². The van der Waals surface area contributed by atoms with Gasteiger partial charge in [0.05, 0.1) is 18.0 Å². The molecule has 0 fully saturated rings. The Morgan fingerprint density at radius 3 is 2.83 bits per heavy atom. The van der Waals surface area contributed by atoms with Crippen molar-refractivity contribution in [3.63, 3.8) is 0 Å². The first-order chi connectivity index (χ1) is 14.6. The second-order valence-corrected chi connectivity index (χ2v) is 8.06. The summed E-state index contributed by atoms with van der Waals surface area (Å²) in [5.41, 5.74) is 8.13. The second kappa shape index (κ2) is 6.97. The van der Waals surface area contributed by atoms with Crippen LogP contribution in [0.25, 0.3) is 0 Å². The van der Waals surface area contributed by atoms with E-state index in [9.17, 15) is 10.1 Å². The first-order valence-electron chi connectivity index (χ1n) is 9.30. The number of benzene rings is 1. The van der Waals surface area contributed by atoms with E-state index in [1.54, 1.807) is 10.6 Å². The van der Waals surface area contributed by atoms with Crippen LogP contribution in [0.2, 0.25) is 0 Å². The minimum absolute atomic E-state index is 0.0377. The van der Waals surface area contributed by atoms with Gasteiger partial charge in [-0.15, -0.1) is 11.3 Å². The summed E-state index contributed by atoms with van der Waals surface area (Å²) in [6, 6.07) is 13.3. The third-order valence-electron chi connectivity index (χ3n) is 5.30. The van der Waals surface area contributed by atoms with Crippen LogP contribution in [0.4, 0.5) is 0 Å². The number of thiophene rings is 1. The number of aryl methyl sites for hydroxylation is 1. The fraction of sp³-hybridized carbons (Fsp3) is 0.182. The number of hydrogen-bond donors (Lipinski definition) is 1. The highest BCUT2D eigenvalue weighted by Gasteiger charge is 2.35. The van der Waals surface area contributed by atoms with Gasteiger partial charge in [0.1, 0.15) is 17.4 Å². The summed E-state index contributed by atoms with van der Waals surface area (Å²) < 4.78 is 18.2. The lowest BCUT2D eigenvalue weighted by atomic mass is 9.88.